The molecule has 4 heteroatoms. The first-order valence-electron chi connectivity index (χ1n) is 6.29. The summed E-state index contributed by atoms with van der Waals surface area (Å²) in [4.78, 5) is 4.04. The van der Waals surface area contributed by atoms with E-state index in [0.717, 1.165) is 16.8 Å². The molecular weight excluding hydrogens is 266 g/mol. The molecule has 0 amide bonds. The maximum atomic E-state index is 5.33. The first-order chi connectivity index (χ1) is 9.83. The molecule has 20 heavy (non-hydrogen) atoms. The topological polar surface area (TPSA) is 37.0 Å². The number of hydrogen-bond acceptors (Lipinski definition) is 2. The minimum atomic E-state index is 0.550. The predicted octanol–water partition coefficient (Wildman–Crippen LogP) is 4.04. The lowest BCUT2D eigenvalue weighted by Crippen LogP contribution is -2.19. The monoisotopic (exact) mass is 279 g/mol. The third-order valence-electron chi connectivity index (χ3n) is 2.96. The molecule has 0 bridgehead atoms. The van der Waals surface area contributed by atoms with E-state index in [0.29, 0.717) is 5.11 Å². The molecule has 0 aliphatic rings. The summed E-state index contributed by atoms with van der Waals surface area (Å²) in [6.45, 7) is 0. The molecule has 1 heterocycles. The van der Waals surface area contributed by atoms with Crippen LogP contribution in [0.3, 0.4) is 0 Å². The zero-order chi connectivity index (χ0) is 13.8. The van der Waals surface area contributed by atoms with Gasteiger partial charge in [-0.05, 0) is 35.8 Å². The van der Waals surface area contributed by atoms with Gasteiger partial charge in [0.25, 0.3) is 0 Å². The van der Waals surface area contributed by atoms with Gasteiger partial charge in [-0.2, -0.15) is 0 Å². The van der Waals surface area contributed by atoms with Crippen molar-refractivity contribution in [2.75, 3.05) is 10.6 Å². The molecule has 0 aliphatic heterocycles. The van der Waals surface area contributed by atoms with Gasteiger partial charge in [-0.25, -0.2) is 0 Å². The van der Waals surface area contributed by atoms with E-state index in [-0.39, 0.29) is 0 Å². The fourth-order valence-electron chi connectivity index (χ4n) is 2.06. The average molecular weight is 279 g/mol. The average Bonchev–Trinajstić information content (AvgIpc) is 2.48. The Morgan fingerprint density at radius 3 is 2.60 bits per heavy atom. The van der Waals surface area contributed by atoms with E-state index in [1.165, 1.54) is 5.39 Å². The van der Waals surface area contributed by atoms with Crippen molar-refractivity contribution < 1.29 is 0 Å². The minimum Gasteiger partial charge on any atom is -0.332 e. The second-order valence-electron chi connectivity index (χ2n) is 4.35. The lowest BCUT2D eigenvalue weighted by molar-refractivity contribution is 1.33. The van der Waals surface area contributed by atoms with E-state index < -0.39 is 0 Å². The molecule has 1 aromatic heterocycles. The van der Waals surface area contributed by atoms with Gasteiger partial charge in [0.05, 0.1) is 11.9 Å². The summed E-state index contributed by atoms with van der Waals surface area (Å²) in [5.41, 5.74) is 1.86. The Hall–Kier alpha value is -2.46. The molecule has 0 atom stereocenters. The summed E-state index contributed by atoms with van der Waals surface area (Å²) in [6.07, 6.45) is 3.46. The van der Waals surface area contributed by atoms with Crippen molar-refractivity contribution in [1.29, 1.82) is 0 Å². The second-order valence-corrected chi connectivity index (χ2v) is 4.76. The lowest BCUT2D eigenvalue weighted by Gasteiger charge is -2.12. The molecule has 2 aromatic carbocycles. The Morgan fingerprint density at radius 2 is 1.75 bits per heavy atom. The van der Waals surface area contributed by atoms with Crippen molar-refractivity contribution in [3.8, 4) is 0 Å². The maximum absolute atomic E-state index is 5.33. The van der Waals surface area contributed by atoms with Crippen molar-refractivity contribution >= 4 is 39.5 Å². The van der Waals surface area contributed by atoms with Crippen LogP contribution >= 0.6 is 12.2 Å². The fourth-order valence-corrected chi connectivity index (χ4v) is 2.28. The quantitative estimate of drug-likeness (QED) is 0.694. The molecule has 3 nitrogen and oxygen atoms in total. The third-order valence-corrected chi connectivity index (χ3v) is 3.16. The molecule has 0 fully saturated rings. The molecule has 0 unspecified atom stereocenters. The van der Waals surface area contributed by atoms with E-state index in [1.54, 1.807) is 12.4 Å². The fraction of sp³-hybridized carbons (Fsp3) is 0. The zero-order valence-electron chi connectivity index (χ0n) is 10.7. The SMILES string of the molecule is S=C(Nc1cccnc1)Nc1cccc2ccccc12. The molecule has 98 valence electrons. The molecule has 0 saturated carbocycles. The number of anilines is 2. The van der Waals surface area contributed by atoms with Crippen LogP contribution in [0.25, 0.3) is 10.8 Å². The van der Waals surface area contributed by atoms with Crippen LogP contribution in [0.4, 0.5) is 11.4 Å². The number of benzene rings is 2. The number of pyridine rings is 1. The zero-order valence-corrected chi connectivity index (χ0v) is 11.5. The Kier molecular flexibility index (Phi) is 3.56. The van der Waals surface area contributed by atoms with E-state index in [2.05, 4.69) is 33.8 Å². The van der Waals surface area contributed by atoms with Crippen LogP contribution in [-0.4, -0.2) is 10.1 Å². The van der Waals surface area contributed by atoms with E-state index in [4.69, 9.17) is 12.2 Å². The summed E-state index contributed by atoms with van der Waals surface area (Å²) >= 11 is 5.33. The first-order valence-corrected chi connectivity index (χ1v) is 6.69. The summed E-state index contributed by atoms with van der Waals surface area (Å²) in [5.74, 6) is 0. The Balaban J connectivity index is 1.81. The molecule has 3 rings (SSSR count). The van der Waals surface area contributed by atoms with Crippen molar-refractivity contribution in [1.82, 2.24) is 4.98 Å². The van der Waals surface area contributed by atoms with Crippen molar-refractivity contribution in [2.45, 2.75) is 0 Å². The third kappa shape index (κ3) is 2.75. The number of fused-ring (bicyclic) bond motifs is 1. The van der Waals surface area contributed by atoms with E-state index >= 15 is 0 Å². The van der Waals surface area contributed by atoms with Crippen LogP contribution < -0.4 is 10.6 Å². The smallest absolute Gasteiger partial charge is 0.175 e. The van der Waals surface area contributed by atoms with Gasteiger partial charge >= 0.3 is 0 Å². The largest absolute Gasteiger partial charge is 0.332 e. The van der Waals surface area contributed by atoms with Gasteiger partial charge in [0, 0.05) is 17.3 Å². The summed E-state index contributed by atoms with van der Waals surface area (Å²) in [7, 11) is 0. The Morgan fingerprint density at radius 1 is 0.900 bits per heavy atom. The highest BCUT2D eigenvalue weighted by atomic mass is 32.1. The van der Waals surface area contributed by atoms with Crippen LogP contribution in [0.2, 0.25) is 0 Å². The summed E-state index contributed by atoms with van der Waals surface area (Å²) in [6, 6.07) is 18.1. The Bertz CT molecular complexity index is 736. The van der Waals surface area contributed by atoms with Gasteiger partial charge in [-0.15, -0.1) is 0 Å². The maximum Gasteiger partial charge on any atom is 0.175 e. The molecular formula is C16H13N3S. The second kappa shape index (κ2) is 5.67. The number of aromatic nitrogens is 1. The lowest BCUT2D eigenvalue weighted by atomic mass is 10.1. The van der Waals surface area contributed by atoms with Crippen molar-refractivity contribution in [3.05, 3.63) is 67.0 Å². The van der Waals surface area contributed by atoms with Crippen LogP contribution in [0, 0.1) is 0 Å². The van der Waals surface area contributed by atoms with Gasteiger partial charge in [0.1, 0.15) is 0 Å². The minimum absolute atomic E-state index is 0.550. The van der Waals surface area contributed by atoms with E-state index in [9.17, 15) is 0 Å². The van der Waals surface area contributed by atoms with Crippen molar-refractivity contribution in [2.24, 2.45) is 0 Å². The molecule has 2 N–H and O–H groups in total. The molecule has 3 aromatic rings. The number of thiocarbonyl (C=S) groups is 1. The number of hydrogen-bond donors (Lipinski definition) is 2. The van der Waals surface area contributed by atoms with Gasteiger partial charge in [-0.1, -0.05) is 36.4 Å². The highest BCUT2D eigenvalue weighted by Crippen LogP contribution is 2.23. The highest BCUT2D eigenvalue weighted by molar-refractivity contribution is 7.80. The molecule has 0 aliphatic carbocycles. The highest BCUT2D eigenvalue weighted by Gasteiger charge is 2.02. The van der Waals surface area contributed by atoms with E-state index in [1.807, 2.05) is 36.4 Å². The molecule has 0 spiro atoms. The predicted molar refractivity (Wildman–Crippen MR) is 88.0 cm³/mol. The van der Waals surface area contributed by atoms with Gasteiger partial charge in [-0.3, -0.25) is 4.98 Å². The van der Waals surface area contributed by atoms with Crippen LogP contribution in [0.15, 0.2) is 67.0 Å². The van der Waals surface area contributed by atoms with Crippen molar-refractivity contribution in [3.63, 3.8) is 0 Å². The summed E-state index contributed by atoms with van der Waals surface area (Å²) in [5, 5.41) is 9.22. The first kappa shape index (κ1) is 12.6. The standard InChI is InChI=1S/C16H13N3S/c20-16(18-13-7-4-10-17-11-13)19-15-9-3-6-12-5-1-2-8-14(12)15/h1-11H,(H2,18,19,20). The molecule has 0 saturated heterocycles. The normalized spacial score (nSPS) is 10.2. The number of nitrogens with zero attached hydrogens (tertiary/aromatic N) is 1. The van der Waals surface area contributed by atoms with Gasteiger partial charge < -0.3 is 10.6 Å². The molecule has 0 radical (unpaired) electrons. The Labute approximate surface area is 122 Å². The van der Waals surface area contributed by atoms with Crippen LogP contribution in [0.5, 0.6) is 0 Å². The summed E-state index contributed by atoms with van der Waals surface area (Å²) < 4.78 is 0. The van der Waals surface area contributed by atoms with Gasteiger partial charge in [0.2, 0.25) is 0 Å². The van der Waals surface area contributed by atoms with Crippen LogP contribution in [0.1, 0.15) is 0 Å². The number of rotatable bonds is 2. The van der Waals surface area contributed by atoms with Gasteiger partial charge in [0.15, 0.2) is 5.11 Å². The van der Waals surface area contributed by atoms with Crippen LogP contribution in [-0.2, 0) is 0 Å². The number of nitrogens with one attached hydrogen (secondary N) is 2.